The van der Waals surface area contributed by atoms with Gasteiger partial charge in [-0.1, -0.05) is 29.8 Å². The minimum Gasteiger partial charge on any atom is -0.320 e. The van der Waals surface area contributed by atoms with Crippen LogP contribution in [-0.4, -0.2) is 20.7 Å². The van der Waals surface area contributed by atoms with Crippen molar-refractivity contribution in [2.24, 2.45) is 0 Å². The van der Waals surface area contributed by atoms with Gasteiger partial charge in [-0.15, -0.1) is 11.3 Å². The summed E-state index contributed by atoms with van der Waals surface area (Å²) in [5.74, 6) is 0.564. The van der Waals surface area contributed by atoms with Crippen LogP contribution in [0.4, 0.5) is 5.69 Å². The van der Waals surface area contributed by atoms with Crippen LogP contribution in [0.1, 0.15) is 15.2 Å². The highest BCUT2D eigenvalue weighted by molar-refractivity contribution is 7.12. The Morgan fingerprint density at radius 2 is 1.96 bits per heavy atom. The maximum absolute atomic E-state index is 12.7. The lowest BCUT2D eigenvalue weighted by atomic mass is 10.0. The summed E-state index contributed by atoms with van der Waals surface area (Å²) < 4.78 is 1.67. The molecule has 5 nitrogen and oxygen atoms in total. The molecule has 1 N–H and O–H groups in total. The lowest BCUT2D eigenvalue weighted by molar-refractivity contribution is 0.103. The lowest BCUT2D eigenvalue weighted by Gasteiger charge is -2.07. The molecule has 0 atom stereocenters. The number of carbonyl (C=O) groups excluding carboxylic acids is 1. The number of hydrogen-bond acceptors (Lipinski definition) is 4. The third-order valence-corrected chi connectivity index (χ3v) is 4.89. The third kappa shape index (κ3) is 3.27. The molecule has 0 aliphatic rings. The van der Waals surface area contributed by atoms with Gasteiger partial charge in [0.2, 0.25) is 0 Å². The predicted molar refractivity (Wildman–Crippen MR) is 104 cm³/mol. The maximum Gasteiger partial charge on any atom is 0.266 e. The molecule has 3 aromatic heterocycles. The zero-order chi connectivity index (χ0) is 17.9. The van der Waals surface area contributed by atoms with Crippen molar-refractivity contribution in [3.05, 3.63) is 82.9 Å². The summed E-state index contributed by atoms with van der Waals surface area (Å²) in [6, 6.07) is 15.6. The Morgan fingerprint density at radius 1 is 1.12 bits per heavy atom. The molecule has 0 saturated carbocycles. The number of hydrogen-bond donors (Lipinski definition) is 1. The number of nitrogens with one attached hydrogen (secondary N) is 1. The van der Waals surface area contributed by atoms with Gasteiger partial charge < -0.3 is 5.32 Å². The molecule has 26 heavy (non-hydrogen) atoms. The number of aryl methyl sites for hydroxylation is 1. The SMILES string of the molecule is Cc1ccc(-c2ccsc2C(=O)Nc2ccc(-n3cccn3)nc2)cc1. The van der Waals surface area contributed by atoms with Crippen LogP contribution in [0, 0.1) is 6.92 Å². The van der Waals surface area contributed by atoms with Crippen LogP contribution < -0.4 is 5.32 Å². The maximum atomic E-state index is 12.7. The summed E-state index contributed by atoms with van der Waals surface area (Å²) in [5, 5.41) is 8.99. The van der Waals surface area contributed by atoms with Gasteiger partial charge in [-0.3, -0.25) is 4.79 Å². The van der Waals surface area contributed by atoms with Crippen LogP contribution in [0.15, 0.2) is 72.5 Å². The number of nitrogens with zero attached hydrogens (tertiary/aromatic N) is 3. The average Bonchev–Trinajstić information content (AvgIpc) is 3.35. The number of pyridine rings is 1. The molecule has 128 valence electrons. The molecule has 0 bridgehead atoms. The van der Waals surface area contributed by atoms with Gasteiger partial charge in [0.15, 0.2) is 5.82 Å². The quantitative estimate of drug-likeness (QED) is 0.580. The second-order valence-electron chi connectivity index (χ2n) is 5.84. The van der Waals surface area contributed by atoms with E-state index >= 15 is 0 Å². The molecule has 0 aliphatic carbocycles. The van der Waals surface area contributed by atoms with Crippen molar-refractivity contribution < 1.29 is 4.79 Å². The zero-order valence-electron chi connectivity index (χ0n) is 14.1. The molecular weight excluding hydrogens is 344 g/mol. The number of amides is 1. The second kappa shape index (κ2) is 6.93. The molecule has 0 aliphatic heterocycles. The summed E-state index contributed by atoms with van der Waals surface area (Å²) in [6.45, 7) is 2.05. The van der Waals surface area contributed by atoms with E-state index in [1.54, 1.807) is 17.1 Å². The number of rotatable bonds is 4. The van der Waals surface area contributed by atoms with Crippen molar-refractivity contribution in [3.63, 3.8) is 0 Å². The number of benzene rings is 1. The molecule has 1 amide bonds. The topological polar surface area (TPSA) is 59.8 Å². The van der Waals surface area contributed by atoms with Gasteiger partial charge >= 0.3 is 0 Å². The lowest BCUT2D eigenvalue weighted by Crippen LogP contribution is -2.11. The first kappa shape index (κ1) is 16.2. The standard InChI is InChI=1S/C20H16N4OS/c1-14-3-5-15(6-4-14)17-9-12-26-19(17)20(25)23-16-7-8-18(21-13-16)24-11-2-10-22-24/h2-13H,1H3,(H,23,25). The average molecular weight is 360 g/mol. The molecule has 0 unspecified atom stereocenters. The Hall–Kier alpha value is -3.25. The molecule has 4 rings (SSSR count). The minimum atomic E-state index is -0.135. The van der Waals surface area contributed by atoms with Gasteiger partial charge in [0.05, 0.1) is 16.8 Å². The van der Waals surface area contributed by atoms with Crippen LogP contribution in [-0.2, 0) is 0 Å². The highest BCUT2D eigenvalue weighted by atomic mass is 32.1. The van der Waals surface area contributed by atoms with Crippen molar-refractivity contribution in [2.75, 3.05) is 5.32 Å². The first-order valence-electron chi connectivity index (χ1n) is 8.13. The van der Waals surface area contributed by atoms with Crippen molar-refractivity contribution in [2.45, 2.75) is 6.92 Å². The van der Waals surface area contributed by atoms with Gasteiger partial charge in [0, 0.05) is 18.0 Å². The predicted octanol–water partition coefficient (Wildman–Crippen LogP) is 4.56. The van der Waals surface area contributed by atoms with E-state index in [-0.39, 0.29) is 5.91 Å². The van der Waals surface area contributed by atoms with Crippen LogP contribution in [0.2, 0.25) is 0 Å². The van der Waals surface area contributed by atoms with E-state index in [2.05, 4.69) is 15.4 Å². The Morgan fingerprint density at radius 3 is 2.65 bits per heavy atom. The van der Waals surface area contributed by atoms with Gasteiger partial charge in [-0.05, 0) is 42.1 Å². The molecule has 0 radical (unpaired) electrons. The first-order valence-corrected chi connectivity index (χ1v) is 9.00. The summed E-state index contributed by atoms with van der Waals surface area (Å²) in [5.41, 5.74) is 3.82. The molecule has 6 heteroatoms. The van der Waals surface area contributed by atoms with Crippen molar-refractivity contribution in [1.29, 1.82) is 0 Å². The molecule has 0 saturated heterocycles. The molecule has 3 heterocycles. The number of anilines is 1. The number of aromatic nitrogens is 3. The number of carbonyl (C=O) groups is 1. The molecule has 1 aromatic carbocycles. The molecule has 4 aromatic rings. The second-order valence-corrected chi connectivity index (χ2v) is 6.76. The van der Waals surface area contributed by atoms with Gasteiger partial charge in [-0.2, -0.15) is 5.10 Å². The van der Waals surface area contributed by atoms with E-state index in [1.165, 1.54) is 16.9 Å². The Balaban J connectivity index is 1.54. The minimum absolute atomic E-state index is 0.135. The smallest absolute Gasteiger partial charge is 0.266 e. The number of thiophene rings is 1. The summed E-state index contributed by atoms with van der Waals surface area (Å²) >= 11 is 1.43. The van der Waals surface area contributed by atoms with Gasteiger partial charge in [0.1, 0.15) is 0 Å². The van der Waals surface area contributed by atoms with E-state index in [4.69, 9.17) is 0 Å². The van der Waals surface area contributed by atoms with Crippen LogP contribution >= 0.6 is 11.3 Å². The van der Waals surface area contributed by atoms with E-state index < -0.39 is 0 Å². The normalized spacial score (nSPS) is 10.7. The van der Waals surface area contributed by atoms with E-state index in [9.17, 15) is 4.79 Å². The monoisotopic (exact) mass is 360 g/mol. The Labute approximate surface area is 155 Å². The highest BCUT2D eigenvalue weighted by Gasteiger charge is 2.15. The van der Waals surface area contributed by atoms with E-state index in [0.717, 1.165) is 11.1 Å². The van der Waals surface area contributed by atoms with E-state index in [0.29, 0.717) is 16.4 Å². The van der Waals surface area contributed by atoms with Gasteiger partial charge in [-0.25, -0.2) is 9.67 Å². The van der Waals surface area contributed by atoms with Crippen molar-refractivity contribution in [1.82, 2.24) is 14.8 Å². The fourth-order valence-electron chi connectivity index (χ4n) is 2.63. The van der Waals surface area contributed by atoms with Crippen LogP contribution in [0.5, 0.6) is 0 Å². The van der Waals surface area contributed by atoms with Crippen molar-refractivity contribution >= 4 is 22.9 Å². The summed E-state index contributed by atoms with van der Waals surface area (Å²) in [6.07, 6.45) is 5.15. The van der Waals surface area contributed by atoms with Crippen LogP contribution in [0.3, 0.4) is 0 Å². The Bertz CT molecular complexity index is 1020. The fraction of sp³-hybridized carbons (Fsp3) is 0.0500. The molecular formula is C20H16N4OS. The third-order valence-electron chi connectivity index (χ3n) is 3.98. The summed E-state index contributed by atoms with van der Waals surface area (Å²) in [7, 11) is 0. The zero-order valence-corrected chi connectivity index (χ0v) is 14.9. The van der Waals surface area contributed by atoms with Crippen LogP contribution in [0.25, 0.3) is 16.9 Å². The largest absolute Gasteiger partial charge is 0.320 e. The molecule has 0 fully saturated rings. The van der Waals surface area contributed by atoms with Gasteiger partial charge in [0.25, 0.3) is 5.91 Å². The Kier molecular flexibility index (Phi) is 4.33. The summed E-state index contributed by atoms with van der Waals surface area (Å²) in [4.78, 5) is 17.7. The fourth-order valence-corrected chi connectivity index (χ4v) is 3.44. The van der Waals surface area contributed by atoms with E-state index in [1.807, 2.05) is 67.0 Å². The van der Waals surface area contributed by atoms with Crippen molar-refractivity contribution in [3.8, 4) is 16.9 Å². The first-order chi connectivity index (χ1) is 12.7. The highest BCUT2D eigenvalue weighted by Crippen LogP contribution is 2.29. The molecule has 0 spiro atoms.